The molecule has 2 saturated carbocycles. The third-order valence-electron chi connectivity index (χ3n) is 9.53. The summed E-state index contributed by atoms with van der Waals surface area (Å²) in [4.78, 5) is 2.80. The molecule has 4 bridgehead atoms. The van der Waals surface area contributed by atoms with Gasteiger partial charge in [-0.2, -0.15) is 0 Å². The molecule has 8 heteroatoms. The highest BCUT2D eigenvalue weighted by Crippen LogP contribution is 2.46. The van der Waals surface area contributed by atoms with Crippen molar-refractivity contribution >= 4 is 0 Å². The van der Waals surface area contributed by atoms with Crippen molar-refractivity contribution in [1.82, 2.24) is 26.0 Å². The molecule has 182 valence electrons. The largest absolute Gasteiger partial charge is 0.378 e. The van der Waals surface area contributed by atoms with Crippen molar-refractivity contribution in [3.8, 4) is 0 Å². The molecule has 4 saturated heterocycles. The monoisotopic (exact) mass is 448 g/mol. The summed E-state index contributed by atoms with van der Waals surface area (Å²) in [6.45, 7) is 10.00. The molecule has 32 heavy (non-hydrogen) atoms. The molecule has 4 aliphatic heterocycles. The summed E-state index contributed by atoms with van der Waals surface area (Å²) in [5.41, 5.74) is 10.0. The standard InChI is InChI=1S/C24H44N6O2/c1-15(16-2-3-16)29-13-18-10-17-11-22(20(18)14-29)32-9-8-31-7-5-26-12-19-23(25)28-30-6-4-21(17)27-24(19)30/h15-24,26-28H,2-14,25H2,1H3/t15-,17?,18?,19?,20?,21?,22?,23?,24?/m0/s1. The van der Waals surface area contributed by atoms with E-state index in [-0.39, 0.29) is 6.17 Å². The van der Waals surface area contributed by atoms with E-state index in [0.717, 1.165) is 50.7 Å². The van der Waals surface area contributed by atoms with Gasteiger partial charge in [-0.05, 0) is 56.8 Å². The number of hydrazine groups is 1. The van der Waals surface area contributed by atoms with E-state index in [4.69, 9.17) is 15.2 Å². The van der Waals surface area contributed by atoms with Gasteiger partial charge < -0.3 is 20.5 Å². The third kappa shape index (κ3) is 4.38. The SMILES string of the molecule is C[C@@H](C1CC1)N1CC2CC3CC(OCCOCCNCC4C(N)NN5CCC3NC45)C2C1. The Morgan fingerprint density at radius 2 is 1.91 bits per heavy atom. The maximum Gasteiger partial charge on any atom is 0.0804 e. The van der Waals surface area contributed by atoms with Crippen molar-refractivity contribution in [3.63, 3.8) is 0 Å². The molecular weight excluding hydrogens is 404 g/mol. The van der Waals surface area contributed by atoms with Crippen molar-refractivity contribution in [2.75, 3.05) is 52.5 Å². The quantitative estimate of drug-likeness (QED) is 0.475. The zero-order valence-electron chi connectivity index (χ0n) is 19.8. The number of nitrogens with one attached hydrogen (secondary N) is 3. The minimum Gasteiger partial charge on any atom is -0.378 e. The van der Waals surface area contributed by atoms with E-state index in [9.17, 15) is 0 Å². The van der Waals surface area contributed by atoms with Crippen LogP contribution in [0.15, 0.2) is 0 Å². The van der Waals surface area contributed by atoms with Crippen molar-refractivity contribution < 1.29 is 9.47 Å². The molecule has 2 aliphatic carbocycles. The number of hydrogen-bond acceptors (Lipinski definition) is 8. The number of likely N-dealkylation sites (tertiary alicyclic amines) is 1. The maximum absolute atomic E-state index is 6.57. The molecule has 0 aromatic rings. The Balaban J connectivity index is 1.19. The van der Waals surface area contributed by atoms with Crippen LogP contribution < -0.4 is 21.8 Å². The molecule has 0 radical (unpaired) electrons. The number of fused-ring (bicyclic) bond motifs is 6. The number of ether oxygens (including phenoxy) is 2. The van der Waals surface area contributed by atoms with Crippen LogP contribution in [0.1, 0.15) is 39.0 Å². The normalized spacial score (nSPS) is 47.4. The highest BCUT2D eigenvalue weighted by atomic mass is 16.5. The van der Waals surface area contributed by atoms with Gasteiger partial charge in [0.15, 0.2) is 0 Å². The number of hydrogen-bond donors (Lipinski definition) is 4. The second-order valence-electron chi connectivity index (χ2n) is 11.4. The van der Waals surface area contributed by atoms with E-state index >= 15 is 0 Å². The van der Waals surface area contributed by atoms with Gasteiger partial charge in [0.25, 0.3) is 0 Å². The van der Waals surface area contributed by atoms with Crippen LogP contribution in [0.25, 0.3) is 0 Å². The average Bonchev–Trinajstić information content (AvgIpc) is 3.47. The van der Waals surface area contributed by atoms with Gasteiger partial charge in [0.1, 0.15) is 0 Å². The Bertz CT molecular complexity index is 650. The fourth-order valence-corrected chi connectivity index (χ4v) is 7.47. The van der Waals surface area contributed by atoms with Gasteiger partial charge in [-0.25, -0.2) is 10.4 Å². The van der Waals surface area contributed by atoms with E-state index in [1.165, 1.54) is 45.2 Å². The molecule has 0 spiro atoms. The number of nitrogens with two attached hydrogens (primary N) is 1. The van der Waals surface area contributed by atoms with Gasteiger partial charge in [-0.3, -0.25) is 10.2 Å². The summed E-state index contributed by atoms with van der Waals surface area (Å²) in [6, 6.07) is 1.32. The molecule has 4 heterocycles. The molecule has 0 aromatic carbocycles. The van der Waals surface area contributed by atoms with Crippen LogP contribution in [0.2, 0.25) is 0 Å². The van der Waals surface area contributed by atoms with Crippen LogP contribution in [-0.2, 0) is 9.47 Å². The van der Waals surface area contributed by atoms with Gasteiger partial charge in [0.05, 0.1) is 38.3 Å². The molecule has 6 aliphatic rings. The smallest absolute Gasteiger partial charge is 0.0804 e. The number of rotatable bonds is 2. The predicted molar refractivity (Wildman–Crippen MR) is 124 cm³/mol. The lowest BCUT2D eigenvalue weighted by atomic mass is 9.70. The highest BCUT2D eigenvalue weighted by molar-refractivity contribution is 5.02. The highest BCUT2D eigenvalue weighted by Gasteiger charge is 2.50. The first-order chi connectivity index (χ1) is 15.7. The van der Waals surface area contributed by atoms with Gasteiger partial charge in [0, 0.05) is 56.6 Å². The van der Waals surface area contributed by atoms with Crippen LogP contribution in [0.5, 0.6) is 0 Å². The predicted octanol–water partition coefficient (Wildman–Crippen LogP) is 0.157. The zero-order valence-corrected chi connectivity index (χ0v) is 19.8. The molecule has 5 N–H and O–H groups in total. The fraction of sp³-hybridized carbons (Fsp3) is 1.00. The lowest BCUT2D eigenvalue weighted by molar-refractivity contribution is -0.0650. The Morgan fingerprint density at radius 1 is 1.00 bits per heavy atom. The molecule has 0 aromatic heterocycles. The summed E-state index contributed by atoms with van der Waals surface area (Å²) in [5, 5.41) is 9.98. The Morgan fingerprint density at radius 3 is 2.78 bits per heavy atom. The first-order valence-corrected chi connectivity index (χ1v) is 13.4. The average molecular weight is 449 g/mol. The topological polar surface area (TPSA) is 87.0 Å². The van der Waals surface area contributed by atoms with Gasteiger partial charge in [0.2, 0.25) is 0 Å². The third-order valence-corrected chi connectivity index (χ3v) is 9.53. The van der Waals surface area contributed by atoms with Crippen molar-refractivity contribution in [3.05, 3.63) is 0 Å². The van der Waals surface area contributed by atoms with E-state index in [1.54, 1.807) is 0 Å². The van der Waals surface area contributed by atoms with Crippen molar-refractivity contribution in [1.29, 1.82) is 0 Å². The Labute approximate surface area is 193 Å². The molecule has 9 atom stereocenters. The van der Waals surface area contributed by atoms with Crippen molar-refractivity contribution in [2.45, 2.75) is 69.5 Å². The summed E-state index contributed by atoms with van der Waals surface area (Å²) >= 11 is 0. The van der Waals surface area contributed by atoms with Crippen molar-refractivity contribution in [2.24, 2.45) is 35.3 Å². The van der Waals surface area contributed by atoms with E-state index < -0.39 is 0 Å². The fourth-order valence-electron chi connectivity index (χ4n) is 7.47. The summed E-state index contributed by atoms with van der Waals surface area (Å²) in [6.07, 6.45) is 7.30. The lowest BCUT2D eigenvalue weighted by Gasteiger charge is -2.45. The first kappa shape index (κ1) is 22.2. The molecular formula is C24H44N6O2. The summed E-state index contributed by atoms with van der Waals surface area (Å²) < 4.78 is 12.5. The van der Waals surface area contributed by atoms with Crippen LogP contribution in [-0.4, -0.2) is 93.0 Å². The summed E-state index contributed by atoms with van der Waals surface area (Å²) in [5.74, 6) is 3.47. The minimum absolute atomic E-state index is 0.00877. The van der Waals surface area contributed by atoms with E-state index in [2.05, 4.69) is 32.9 Å². The maximum atomic E-state index is 6.57. The minimum atomic E-state index is 0.00877. The lowest BCUT2D eigenvalue weighted by Crippen LogP contribution is -2.60. The van der Waals surface area contributed by atoms with E-state index in [0.29, 0.717) is 42.7 Å². The van der Waals surface area contributed by atoms with E-state index in [1.807, 2.05) is 0 Å². The zero-order chi connectivity index (χ0) is 21.7. The summed E-state index contributed by atoms with van der Waals surface area (Å²) in [7, 11) is 0. The second kappa shape index (κ2) is 9.38. The molecule has 6 fully saturated rings. The number of nitrogens with zero attached hydrogens (tertiary/aromatic N) is 2. The van der Waals surface area contributed by atoms with Crippen LogP contribution in [0.3, 0.4) is 0 Å². The van der Waals surface area contributed by atoms with Gasteiger partial charge in [-0.1, -0.05) is 0 Å². The Hall–Kier alpha value is -0.320. The van der Waals surface area contributed by atoms with Gasteiger partial charge in [-0.15, -0.1) is 0 Å². The van der Waals surface area contributed by atoms with Crippen LogP contribution in [0.4, 0.5) is 0 Å². The van der Waals surface area contributed by atoms with Crippen LogP contribution in [0, 0.1) is 29.6 Å². The Kier molecular flexibility index (Phi) is 6.50. The molecule has 8 unspecified atom stereocenters. The molecule has 6 rings (SSSR count). The molecule has 0 amide bonds. The van der Waals surface area contributed by atoms with Crippen LogP contribution >= 0.6 is 0 Å². The van der Waals surface area contributed by atoms with Gasteiger partial charge >= 0.3 is 0 Å². The second-order valence-corrected chi connectivity index (χ2v) is 11.4. The molecule has 8 nitrogen and oxygen atoms in total. The first-order valence-electron chi connectivity index (χ1n) is 13.4.